The van der Waals surface area contributed by atoms with E-state index in [0.717, 1.165) is 18.5 Å². The van der Waals surface area contributed by atoms with Crippen LogP contribution in [0.4, 0.5) is 0 Å². The number of aromatic nitrogens is 1. The molecular weight excluding hydrogens is 210 g/mol. The van der Waals surface area contributed by atoms with Gasteiger partial charge in [0.05, 0.1) is 6.10 Å². The summed E-state index contributed by atoms with van der Waals surface area (Å²) in [5.41, 5.74) is 2.21. The fraction of sp³-hybridized carbons (Fsp3) is 0.667. The van der Waals surface area contributed by atoms with E-state index in [2.05, 4.69) is 24.9 Å². The van der Waals surface area contributed by atoms with E-state index in [1.54, 1.807) is 6.20 Å². The van der Waals surface area contributed by atoms with Crippen LogP contribution in [-0.4, -0.2) is 16.2 Å². The van der Waals surface area contributed by atoms with Crippen LogP contribution in [-0.2, 0) is 6.42 Å². The van der Waals surface area contributed by atoms with E-state index in [9.17, 15) is 5.11 Å². The van der Waals surface area contributed by atoms with Crippen LogP contribution in [0.3, 0.4) is 0 Å². The highest BCUT2D eigenvalue weighted by Gasteiger charge is 2.07. The number of hydrogen-bond donors (Lipinski definition) is 1. The van der Waals surface area contributed by atoms with Crippen molar-refractivity contribution in [3.05, 3.63) is 29.6 Å². The third-order valence-electron chi connectivity index (χ3n) is 3.19. The van der Waals surface area contributed by atoms with Crippen LogP contribution in [0.2, 0.25) is 0 Å². The van der Waals surface area contributed by atoms with Gasteiger partial charge >= 0.3 is 0 Å². The monoisotopic (exact) mass is 235 g/mol. The van der Waals surface area contributed by atoms with Gasteiger partial charge in [-0.05, 0) is 25.0 Å². The minimum absolute atomic E-state index is 0.231. The molecule has 0 aliphatic carbocycles. The average Bonchev–Trinajstić information content (AvgIpc) is 2.32. The first-order valence-corrected chi connectivity index (χ1v) is 6.82. The summed E-state index contributed by atoms with van der Waals surface area (Å²) in [6.07, 6.45) is 9.43. The van der Waals surface area contributed by atoms with Gasteiger partial charge in [-0.25, -0.2) is 0 Å². The van der Waals surface area contributed by atoms with E-state index < -0.39 is 0 Å². The van der Waals surface area contributed by atoms with E-state index in [-0.39, 0.29) is 6.10 Å². The first kappa shape index (κ1) is 14.2. The standard InChI is InChI=1S/C15H25NO/c1-3-4-5-6-7-10-14(17)12-15-13(2)9-8-11-16-15/h8-9,11,14,17H,3-7,10,12H2,1-2H3. The average molecular weight is 235 g/mol. The Bertz CT molecular complexity index is 312. The van der Waals surface area contributed by atoms with Crippen LogP contribution in [0.5, 0.6) is 0 Å². The molecule has 0 aliphatic rings. The molecule has 2 nitrogen and oxygen atoms in total. The number of rotatable bonds is 8. The smallest absolute Gasteiger partial charge is 0.0595 e. The Hall–Kier alpha value is -0.890. The van der Waals surface area contributed by atoms with Crippen LogP contribution >= 0.6 is 0 Å². The zero-order valence-corrected chi connectivity index (χ0v) is 11.2. The van der Waals surface area contributed by atoms with Crippen LogP contribution in [0.15, 0.2) is 18.3 Å². The first-order chi connectivity index (χ1) is 8.24. The molecule has 0 bridgehead atoms. The Morgan fingerprint density at radius 2 is 2.00 bits per heavy atom. The molecule has 17 heavy (non-hydrogen) atoms. The summed E-state index contributed by atoms with van der Waals surface area (Å²) < 4.78 is 0. The highest BCUT2D eigenvalue weighted by Crippen LogP contribution is 2.12. The Kier molecular flexibility index (Phi) is 6.87. The normalized spacial score (nSPS) is 12.6. The predicted molar refractivity (Wildman–Crippen MR) is 72.1 cm³/mol. The van der Waals surface area contributed by atoms with Crippen molar-refractivity contribution in [2.45, 2.75) is 64.9 Å². The number of pyridine rings is 1. The summed E-state index contributed by atoms with van der Waals surface area (Å²) in [5, 5.41) is 9.94. The molecule has 0 saturated carbocycles. The van der Waals surface area contributed by atoms with Crippen molar-refractivity contribution in [2.75, 3.05) is 0 Å². The summed E-state index contributed by atoms with van der Waals surface area (Å²) in [6, 6.07) is 3.99. The molecule has 1 heterocycles. The molecule has 0 aromatic carbocycles. The van der Waals surface area contributed by atoms with Gasteiger partial charge in [0, 0.05) is 18.3 Å². The lowest BCUT2D eigenvalue weighted by Crippen LogP contribution is -2.12. The highest BCUT2D eigenvalue weighted by atomic mass is 16.3. The fourth-order valence-corrected chi connectivity index (χ4v) is 2.04. The summed E-state index contributed by atoms with van der Waals surface area (Å²) in [6.45, 7) is 4.27. The number of aliphatic hydroxyl groups excluding tert-OH is 1. The molecule has 1 N–H and O–H groups in total. The van der Waals surface area contributed by atoms with E-state index >= 15 is 0 Å². The van der Waals surface area contributed by atoms with Crippen LogP contribution in [0.1, 0.15) is 56.7 Å². The van der Waals surface area contributed by atoms with E-state index in [0.29, 0.717) is 6.42 Å². The van der Waals surface area contributed by atoms with Crippen molar-refractivity contribution in [1.29, 1.82) is 0 Å². The summed E-state index contributed by atoms with van der Waals surface area (Å²) in [4.78, 5) is 4.32. The second-order valence-electron chi connectivity index (χ2n) is 4.83. The van der Waals surface area contributed by atoms with E-state index in [1.807, 2.05) is 6.07 Å². The molecule has 1 rings (SSSR count). The van der Waals surface area contributed by atoms with Crippen LogP contribution in [0, 0.1) is 6.92 Å². The topological polar surface area (TPSA) is 33.1 Å². The maximum Gasteiger partial charge on any atom is 0.0595 e. The summed E-state index contributed by atoms with van der Waals surface area (Å²) in [7, 11) is 0. The van der Waals surface area contributed by atoms with Gasteiger partial charge in [0.2, 0.25) is 0 Å². The molecule has 1 aromatic rings. The highest BCUT2D eigenvalue weighted by molar-refractivity contribution is 5.18. The molecule has 96 valence electrons. The molecule has 0 amide bonds. The largest absolute Gasteiger partial charge is 0.393 e. The number of unbranched alkanes of at least 4 members (excludes halogenated alkanes) is 4. The molecule has 1 unspecified atom stereocenters. The summed E-state index contributed by atoms with van der Waals surface area (Å²) >= 11 is 0. The van der Waals surface area contributed by atoms with Gasteiger partial charge in [-0.3, -0.25) is 4.98 Å². The van der Waals surface area contributed by atoms with Crippen molar-refractivity contribution in [1.82, 2.24) is 4.98 Å². The second kappa shape index (κ2) is 8.24. The van der Waals surface area contributed by atoms with Gasteiger partial charge < -0.3 is 5.11 Å². The van der Waals surface area contributed by atoms with Gasteiger partial charge in [-0.15, -0.1) is 0 Å². The number of hydrogen-bond acceptors (Lipinski definition) is 2. The summed E-state index contributed by atoms with van der Waals surface area (Å²) in [5.74, 6) is 0. The molecule has 0 fully saturated rings. The lowest BCUT2D eigenvalue weighted by Gasteiger charge is -2.11. The molecule has 0 saturated heterocycles. The fourth-order valence-electron chi connectivity index (χ4n) is 2.04. The third kappa shape index (κ3) is 5.83. The van der Waals surface area contributed by atoms with Gasteiger partial charge in [-0.2, -0.15) is 0 Å². The number of nitrogens with zero attached hydrogens (tertiary/aromatic N) is 1. The SMILES string of the molecule is CCCCCCCC(O)Cc1ncccc1C. The zero-order valence-electron chi connectivity index (χ0n) is 11.2. The second-order valence-corrected chi connectivity index (χ2v) is 4.83. The third-order valence-corrected chi connectivity index (χ3v) is 3.19. The Morgan fingerprint density at radius 3 is 2.71 bits per heavy atom. The van der Waals surface area contributed by atoms with Gasteiger partial charge in [0.15, 0.2) is 0 Å². The van der Waals surface area contributed by atoms with Crippen LogP contribution < -0.4 is 0 Å². The minimum atomic E-state index is -0.231. The number of aliphatic hydroxyl groups is 1. The minimum Gasteiger partial charge on any atom is -0.393 e. The molecule has 1 atom stereocenters. The Balaban J connectivity index is 2.21. The lowest BCUT2D eigenvalue weighted by atomic mass is 10.0. The molecule has 0 aliphatic heterocycles. The van der Waals surface area contributed by atoms with Crippen molar-refractivity contribution in [3.63, 3.8) is 0 Å². The molecule has 1 aromatic heterocycles. The quantitative estimate of drug-likeness (QED) is 0.698. The molecule has 0 radical (unpaired) electrons. The van der Waals surface area contributed by atoms with Crippen LogP contribution in [0.25, 0.3) is 0 Å². The van der Waals surface area contributed by atoms with Gasteiger partial charge in [0.25, 0.3) is 0 Å². The zero-order chi connectivity index (χ0) is 12.5. The Morgan fingerprint density at radius 1 is 1.24 bits per heavy atom. The van der Waals surface area contributed by atoms with Gasteiger partial charge in [0.1, 0.15) is 0 Å². The molecule has 0 spiro atoms. The van der Waals surface area contributed by atoms with Crippen molar-refractivity contribution in [3.8, 4) is 0 Å². The molecule has 2 heteroatoms. The van der Waals surface area contributed by atoms with E-state index in [1.165, 1.54) is 31.2 Å². The molecular formula is C15H25NO. The van der Waals surface area contributed by atoms with E-state index in [4.69, 9.17) is 0 Å². The Labute approximate surface area is 105 Å². The number of aryl methyl sites for hydroxylation is 1. The first-order valence-electron chi connectivity index (χ1n) is 6.82. The lowest BCUT2D eigenvalue weighted by molar-refractivity contribution is 0.159. The van der Waals surface area contributed by atoms with Crippen molar-refractivity contribution in [2.24, 2.45) is 0 Å². The predicted octanol–water partition coefficient (Wildman–Crippen LogP) is 3.65. The van der Waals surface area contributed by atoms with Crippen molar-refractivity contribution < 1.29 is 5.11 Å². The van der Waals surface area contributed by atoms with Crippen molar-refractivity contribution >= 4 is 0 Å². The maximum atomic E-state index is 9.94. The van der Waals surface area contributed by atoms with Gasteiger partial charge in [-0.1, -0.05) is 45.1 Å². The maximum absolute atomic E-state index is 9.94.